The van der Waals surface area contributed by atoms with E-state index in [1.54, 1.807) is 19.2 Å². The van der Waals surface area contributed by atoms with Crippen molar-refractivity contribution in [1.82, 2.24) is 4.90 Å². The van der Waals surface area contributed by atoms with Gasteiger partial charge < -0.3 is 14.9 Å². The summed E-state index contributed by atoms with van der Waals surface area (Å²) in [7, 11) is 1.56. The molecular formula is C12H15N3O4. The summed E-state index contributed by atoms with van der Waals surface area (Å²) < 4.78 is 0. The second kappa shape index (κ2) is 5.13. The van der Waals surface area contributed by atoms with Gasteiger partial charge in [-0.05, 0) is 18.6 Å². The van der Waals surface area contributed by atoms with Crippen LogP contribution >= 0.6 is 0 Å². The van der Waals surface area contributed by atoms with Crippen molar-refractivity contribution < 1.29 is 14.8 Å². The highest BCUT2D eigenvalue weighted by atomic mass is 16.6. The lowest BCUT2D eigenvalue weighted by molar-refractivity contribution is -0.384. The zero-order valence-electron chi connectivity index (χ0n) is 10.5. The smallest absolute Gasteiger partial charge is 0.407 e. The monoisotopic (exact) mass is 265 g/mol. The van der Waals surface area contributed by atoms with E-state index < -0.39 is 11.0 Å². The molecule has 2 rings (SSSR count). The number of nitrogens with zero attached hydrogens (tertiary/aromatic N) is 3. The largest absolute Gasteiger partial charge is 0.465 e. The fraction of sp³-hybridized carbons (Fsp3) is 0.417. The first-order chi connectivity index (χ1) is 8.99. The standard InChI is InChI=1S/C12H15N3O4/c1-13(12(16)17)11-6-7-14(8-11)9-2-4-10(5-3-9)15(18)19/h2-5,11H,6-8H2,1H3,(H,16,17)/t11-/m1/s1. The van der Waals surface area contributed by atoms with E-state index in [1.807, 2.05) is 4.90 Å². The van der Waals surface area contributed by atoms with Gasteiger partial charge in [-0.15, -0.1) is 0 Å². The summed E-state index contributed by atoms with van der Waals surface area (Å²) in [4.78, 5) is 24.4. The maximum absolute atomic E-state index is 10.9. The third-order valence-corrected chi connectivity index (χ3v) is 3.44. The van der Waals surface area contributed by atoms with E-state index in [4.69, 9.17) is 5.11 Å². The lowest BCUT2D eigenvalue weighted by Crippen LogP contribution is -2.38. The minimum absolute atomic E-state index is 0.0345. The van der Waals surface area contributed by atoms with Crippen molar-refractivity contribution >= 4 is 17.5 Å². The van der Waals surface area contributed by atoms with Gasteiger partial charge in [0.2, 0.25) is 0 Å². The molecule has 1 atom stereocenters. The SMILES string of the molecule is CN(C(=O)O)[C@@H]1CCN(c2ccc([N+](=O)[O-])cc2)C1. The van der Waals surface area contributed by atoms with Gasteiger partial charge in [-0.25, -0.2) is 4.79 Å². The molecule has 0 saturated carbocycles. The number of benzene rings is 1. The Kier molecular flexibility index (Phi) is 3.55. The predicted molar refractivity (Wildman–Crippen MR) is 69.5 cm³/mol. The van der Waals surface area contributed by atoms with E-state index in [0.717, 1.165) is 18.7 Å². The van der Waals surface area contributed by atoms with Crippen LogP contribution < -0.4 is 4.90 Å². The van der Waals surface area contributed by atoms with Gasteiger partial charge in [0.15, 0.2) is 0 Å². The van der Waals surface area contributed by atoms with Gasteiger partial charge in [-0.1, -0.05) is 0 Å². The number of nitro groups is 1. The molecule has 7 nitrogen and oxygen atoms in total. The molecule has 7 heteroatoms. The maximum atomic E-state index is 10.9. The Morgan fingerprint density at radius 1 is 1.47 bits per heavy atom. The summed E-state index contributed by atoms with van der Waals surface area (Å²) in [6, 6.07) is 6.28. The lowest BCUT2D eigenvalue weighted by Gasteiger charge is -2.22. The number of hydrogen-bond donors (Lipinski definition) is 1. The van der Waals surface area contributed by atoms with E-state index in [0.29, 0.717) is 6.54 Å². The van der Waals surface area contributed by atoms with Crippen LogP contribution in [0, 0.1) is 10.1 Å². The second-order valence-electron chi connectivity index (χ2n) is 4.56. The molecule has 1 N–H and O–H groups in total. The molecule has 1 aromatic carbocycles. The summed E-state index contributed by atoms with van der Waals surface area (Å²) in [5.41, 5.74) is 0.939. The van der Waals surface area contributed by atoms with E-state index in [2.05, 4.69) is 0 Å². The van der Waals surface area contributed by atoms with Crippen LogP contribution in [0.5, 0.6) is 0 Å². The number of anilines is 1. The number of hydrogen-bond acceptors (Lipinski definition) is 4. The molecule has 102 valence electrons. The average Bonchev–Trinajstić information content (AvgIpc) is 2.87. The van der Waals surface area contributed by atoms with Gasteiger partial charge >= 0.3 is 6.09 Å². The van der Waals surface area contributed by atoms with Gasteiger partial charge in [-0.2, -0.15) is 0 Å². The highest BCUT2D eigenvalue weighted by Gasteiger charge is 2.28. The minimum Gasteiger partial charge on any atom is -0.465 e. The predicted octanol–water partition coefficient (Wildman–Crippen LogP) is 1.78. The van der Waals surface area contributed by atoms with Crippen LogP contribution in [0.25, 0.3) is 0 Å². The third kappa shape index (κ3) is 2.75. The molecule has 0 aromatic heterocycles. The average molecular weight is 265 g/mol. The van der Waals surface area contributed by atoms with Gasteiger partial charge in [0.1, 0.15) is 0 Å². The van der Waals surface area contributed by atoms with Crippen molar-refractivity contribution in [1.29, 1.82) is 0 Å². The molecular weight excluding hydrogens is 250 g/mol. The summed E-state index contributed by atoms with van der Waals surface area (Å²) in [5.74, 6) is 0. The maximum Gasteiger partial charge on any atom is 0.407 e. The van der Waals surface area contributed by atoms with E-state index >= 15 is 0 Å². The molecule has 0 spiro atoms. The van der Waals surface area contributed by atoms with E-state index in [9.17, 15) is 14.9 Å². The highest BCUT2D eigenvalue weighted by molar-refractivity contribution is 5.65. The van der Waals surface area contributed by atoms with Crippen LogP contribution in [0.2, 0.25) is 0 Å². The van der Waals surface area contributed by atoms with Crippen LogP contribution in [0.3, 0.4) is 0 Å². The number of nitro benzene ring substituents is 1. The van der Waals surface area contributed by atoms with Crippen LogP contribution in [0.1, 0.15) is 6.42 Å². The van der Waals surface area contributed by atoms with Crippen molar-refractivity contribution in [2.75, 3.05) is 25.0 Å². The highest BCUT2D eigenvalue weighted by Crippen LogP contribution is 2.24. The number of carbonyl (C=O) groups is 1. The zero-order chi connectivity index (χ0) is 14.0. The zero-order valence-corrected chi connectivity index (χ0v) is 10.5. The molecule has 19 heavy (non-hydrogen) atoms. The Balaban J connectivity index is 2.04. The van der Waals surface area contributed by atoms with Gasteiger partial charge in [-0.3, -0.25) is 10.1 Å². The number of rotatable bonds is 3. The summed E-state index contributed by atoms with van der Waals surface area (Å²) >= 11 is 0. The fourth-order valence-electron chi connectivity index (χ4n) is 2.23. The second-order valence-corrected chi connectivity index (χ2v) is 4.56. The number of carboxylic acid groups (broad SMARTS) is 1. The minimum atomic E-state index is -0.935. The topological polar surface area (TPSA) is 86.9 Å². The summed E-state index contributed by atoms with van der Waals surface area (Å²) in [6.07, 6.45) is -0.171. The Hall–Kier alpha value is -2.31. The Morgan fingerprint density at radius 3 is 2.63 bits per heavy atom. The van der Waals surface area contributed by atoms with Gasteiger partial charge in [0.25, 0.3) is 5.69 Å². The quantitative estimate of drug-likeness (QED) is 0.665. The van der Waals surface area contributed by atoms with Crippen molar-refractivity contribution in [3.05, 3.63) is 34.4 Å². The molecule has 1 aliphatic heterocycles. The molecule has 1 aliphatic rings. The molecule has 1 saturated heterocycles. The van der Waals surface area contributed by atoms with Gasteiger partial charge in [0, 0.05) is 38.0 Å². The Bertz CT molecular complexity index is 488. The van der Waals surface area contributed by atoms with Crippen LogP contribution in [-0.2, 0) is 0 Å². The molecule has 1 aromatic rings. The Labute approximate surface area is 110 Å². The normalized spacial score (nSPS) is 18.4. The first kappa shape index (κ1) is 13.1. The van der Waals surface area contributed by atoms with Crippen molar-refractivity contribution in [2.24, 2.45) is 0 Å². The summed E-state index contributed by atoms with van der Waals surface area (Å²) in [5, 5.41) is 19.5. The molecule has 0 radical (unpaired) electrons. The first-order valence-electron chi connectivity index (χ1n) is 5.94. The van der Waals surface area contributed by atoms with E-state index in [1.165, 1.54) is 17.0 Å². The molecule has 1 fully saturated rings. The van der Waals surface area contributed by atoms with Crippen molar-refractivity contribution in [2.45, 2.75) is 12.5 Å². The van der Waals surface area contributed by atoms with Crippen LogP contribution in [0.15, 0.2) is 24.3 Å². The van der Waals surface area contributed by atoms with Crippen molar-refractivity contribution in [3.63, 3.8) is 0 Å². The summed E-state index contributed by atoms with van der Waals surface area (Å²) in [6.45, 7) is 1.36. The van der Waals surface area contributed by atoms with Gasteiger partial charge in [0.05, 0.1) is 11.0 Å². The molecule has 0 bridgehead atoms. The molecule has 0 unspecified atom stereocenters. The van der Waals surface area contributed by atoms with Crippen molar-refractivity contribution in [3.8, 4) is 0 Å². The van der Waals surface area contributed by atoms with Crippen LogP contribution in [-0.4, -0.2) is 47.2 Å². The lowest BCUT2D eigenvalue weighted by atomic mass is 10.2. The fourth-order valence-corrected chi connectivity index (χ4v) is 2.23. The molecule has 0 aliphatic carbocycles. The van der Waals surface area contributed by atoms with Crippen LogP contribution in [0.4, 0.5) is 16.2 Å². The Morgan fingerprint density at radius 2 is 2.11 bits per heavy atom. The molecule has 1 amide bonds. The molecule has 1 heterocycles. The third-order valence-electron chi connectivity index (χ3n) is 3.44. The first-order valence-corrected chi connectivity index (χ1v) is 5.94. The number of amides is 1. The number of non-ortho nitro benzene ring substituents is 1. The number of likely N-dealkylation sites (N-methyl/N-ethyl adjacent to an activating group) is 1. The van der Waals surface area contributed by atoms with E-state index in [-0.39, 0.29) is 11.7 Å².